The van der Waals surface area contributed by atoms with Crippen LogP contribution in [0.25, 0.3) is 0 Å². The molecule has 1 fully saturated rings. The van der Waals surface area contributed by atoms with Crippen LogP contribution in [0.1, 0.15) is 41.3 Å². The van der Waals surface area contributed by atoms with Crippen LogP contribution in [-0.2, 0) is 17.8 Å². The molecule has 36 heavy (non-hydrogen) atoms. The van der Waals surface area contributed by atoms with Crippen LogP contribution in [0, 0.1) is 0 Å². The van der Waals surface area contributed by atoms with Crippen LogP contribution in [0.4, 0.5) is 0 Å². The van der Waals surface area contributed by atoms with Gasteiger partial charge in [-0.2, -0.15) is 0 Å². The molecular formula is C28H35N3O5. The van der Waals surface area contributed by atoms with Crippen LogP contribution >= 0.6 is 0 Å². The third-order valence-corrected chi connectivity index (χ3v) is 7.39. The normalized spacial score (nSPS) is 19.7. The summed E-state index contributed by atoms with van der Waals surface area (Å²) < 4.78 is 12.0. The average Bonchev–Trinajstić information content (AvgIpc) is 3.02. The lowest BCUT2D eigenvalue weighted by Gasteiger charge is -2.32. The maximum atomic E-state index is 13.3. The Bertz CT molecular complexity index is 1100. The fourth-order valence-corrected chi connectivity index (χ4v) is 5.39. The highest BCUT2D eigenvalue weighted by atomic mass is 16.5. The lowest BCUT2D eigenvalue weighted by Crippen LogP contribution is -2.44. The molecule has 0 radical (unpaired) electrons. The molecule has 3 aliphatic rings. The number of benzene rings is 2. The number of piperidine rings is 1. The summed E-state index contributed by atoms with van der Waals surface area (Å²) in [7, 11) is 0. The van der Waals surface area contributed by atoms with Crippen molar-refractivity contribution in [3.05, 3.63) is 59.2 Å². The largest absolute Gasteiger partial charge is 0.491 e. The predicted molar refractivity (Wildman–Crippen MR) is 135 cm³/mol. The molecule has 0 saturated carbocycles. The van der Waals surface area contributed by atoms with E-state index in [2.05, 4.69) is 29.2 Å². The van der Waals surface area contributed by atoms with E-state index in [9.17, 15) is 14.7 Å². The van der Waals surface area contributed by atoms with Crippen LogP contribution in [0.15, 0.2) is 42.5 Å². The second-order valence-electron chi connectivity index (χ2n) is 9.99. The number of aliphatic hydroxyl groups excluding tert-OH is 1. The highest BCUT2D eigenvalue weighted by molar-refractivity contribution is 5.97. The van der Waals surface area contributed by atoms with E-state index >= 15 is 0 Å². The number of hydrogen-bond acceptors (Lipinski definition) is 6. The van der Waals surface area contributed by atoms with E-state index in [1.54, 1.807) is 24.0 Å². The van der Waals surface area contributed by atoms with Gasteiger partial charge in [-0.05, 0) is 29.7 Å². The summed E-state index contributed by atoms with van der Waals surface area (Å²) in [5.74, 6) is 1.15. The van der Waals surface area contributed by atoms with Crippen LogP contribution in [0.5, 0.6) is 11.5 Å². The molecule has 8 heteroatoms. The molecule has 8 nitrogen and oxygen atoms in total. The van der Waals surface area contributed by atoms with Gasteiger partial charge in [-0.3, -0.25) is 14.5 Å². The molecule has 192 valence electrons. The zero-order chi connectivity index (χ0) is 25.1. The Morgan fingerprint density at radius 1 is 1.08 bits per heavy atom. The molecule has 1 N–H and O–H groups in total. The molecule has 1 atom stereocenters. The Kier molecular flexibility index (Phi) is 7.43. The number of fused-ring (bicyclic) bond motifs is 2. The van der Waals surface area contributed by atoms with Gasteiger partial charge in [-0.15, -0.1) is 0 Å². The van der Waals surface area contributed by atoms with E-state index in [1.165, 1.54) is 11.1 Å². The molecule has 0 spiro atoms. The molecule has 0 aliphatic carbocycles. The second kappa shape index (κ2) is 10.9. The van der Waals surface area contributed by atoms with Gasteiger partial charge >= 0.3 is 0 Å². The van der Waals surface area contributed by atoms with E-state index in [1.807, 2.05) is 11.0 Å². The Labute approximate surface area is 212 Å². The van der Waals surface area contributed by atoms with Crippen molar-refractivity contribution in [2.75, 3.05) is 45.9 Å². The van der Waals surface area contributed by atoms with Gasteiger partial charge < -0.3 is 24.4 Å². The average molecular weight is 494 g/mol. The minimum atomic E-state index is -0.635. The Morgan fingerprint density at radius 2 is 1.86 bits per heavy atom. The van der Waals surface area contributed by atoms with E-state index < -0.39 is 6.10 Å². The quantitative estimate of drug-likeness (QED) is 0.665. The summed E-state index contributed by atoms with van der Waals surface area (Å²) in [4.78, 5) is 30.6. The van der Waals surface area contributed by atoms with Crippen LogP contribution in [0.3, 0.4) is 0 Å². The maximum Gasteiger partial charge on any atom is 0.257 e. The number of ether oxygens (including phenoxy) is 2. The van der Waals surface area contributed by atoms with Crippen molar-refractivity contribution in [1.29, 1.82) is 0 Å². The van der Waals surface area contributed by atoms with Crippen LogP contribution < -0.4 is 9.47 Å². The van der Waals surface area contributed by atoms with Crippen molar-refractivity contribution >= 4 is 11.8 Å². The summed E-state index contributed by atoms with van der Waals surface area (Å²) in [6.45, 7) is 6.30. The van der Waals surface area contributed by atoms with Gasteiger partial charge in [-0.25, -0.2) is 0 Å². The third-order valence-electron chi connectivity index (χ3n) is 7.39. The lowest BCUT2D eigenvalue weighted by molar-refractivity contribution is -0.130. The molecule has 3 heterocycles. The van der Waals surface area contributed by atoms with Crippen molar-refractivity contribution in [3.63, 3.8) is 0 Å². The number of nitrogens with zero attached hydrogens (tertiary/aromatic N) is 3. The number of hydrogen-bond donors (Lipinski definition) is 1. The van der Waals surface area contributed by atoms with Crippen molar-refractivity contribution in [3.8, 4) is 11.5 Å². The van der Waals surface area contributed by atoms with Gasteiger partial charge in [0.2, 0.25) is 5.91 Å². The summed E-state index contributed by atoms with van der Waals surface area (Å²) in [5.41, 5.74) is 3.18. The number of β-amino-alcohol motifs (C(OH)–C–C–N with tert-alkyl or cyclic N) is 1. The minimum absolute atomic E-state index is 0.0357. The minimum Gasteiger partial charge on any atom is -0.491 e. The SMILES string of the molecule is CC(=O)N1CCC(Oc2ccc3c(c2)OCCN(CC(O)CN2CCc4ccccc4C2)C3=O)CC1. The third kappa shape index (κ3) is 5.65. The van der Waals surface area contributed by atoms with E-state index in [-0.39, 0.29) is 24.5 Å². The van der Waals surface area contributed by atoms with Gasteiger partial charge in [-0.1, -0.05) is 24.3 Å². The fourth-order valence-electron chi connectivity index (χ4n) is 5.39. The number of rotatable bonds is 6. The fraction of sp³-hybridized carbons (Fsp3) is 0.500. The van der Waals surface area contributed by atoms with Crippen molar-refractivity contribution in [1.82, 2.24) is 14.7 Å². The van der Waals surface area contributed by atoms with Gasteiger partial charge in [0.15, 0.2) is 0 Å². The molecule has 1 unspecified atom stereocenters. The van der Waals surface area contributed by atoms with Crippen LogP contribution in [-0.4, -0.2) is 89.7 Å². The molecule has 0 bridgehead atoms. The standard InChI is InChI=1S/C28H35N3O5/c1-20(32)30-12-9-24(10-13-30)36-25-6-7-26-27(16-25)35-15-14-31(28(26)34)19-23(33)18-29-11-8-21-4-2-3-5-22(21)17-29/h2-7,16,23-24,33H,8-15,17-19H2,1H3. The molecular weight excluding hydrogens is 458 g/mol. The highest BCUT2D eigenvalue weighted by Gasteiger charge is 2.28. The molecule has 3 aliphatic heterocycles. The number of aliphatic hydroxyl groups is 1. The number of likely N-dealkylation sites (tertiary alicyclic amines) is 1. The summed E-state index contributed by atoms with van der Waals surface area (Å²) in [5, 5.41) is 10.8. The van der Waals surface area contributed by atoms with E-state index in [0.717, 1.165) is 32.4 Å². The number of carbonyl (C=O) groups excluding carboxylic acids is 2. The molecule has 0 aromatic heterocycles. The zero-order valence-corrected chi connectivity index (χ0v) is 20.9. The smallest absolute Gasteiger partial charge is 0.257 e. The first-order valence-electron chi connectivity index (χ1n) is 12.9. The molecule has 2 aromatic carbocycles. The number of amides is 2. The first kappa shape index (κ1) is 24.6. The van der Waals surface area contributed by atoms with Crippen LogP contribution in [0.2, 0.25) is 0 Å². The van der Waals surface area contributed by atoms with Gasteiger partial charge in [0.1, 0.15) is 24.2 Å². The molecule has 5 rings (SSSR count). The lowest BCUT2D eigenvalue weighted by atomic mass is 10.00. The summed E-state index contributed by atoms with van der Waals surface area (Å²) in [6, 6.07) is 13.8. The topological polar surface area (TPSA) is 82.6 Å². The molecule has 1 saturated heterocycles. The van der Waals surface area contributed by atoms with Crippen molar-refractivity contribution in [2.45, 2.75) is 44.9 Å². The Hall–Kier alpha value is -3.10. The first-order valence-corrected chi connectivity index (χ1v) is 12.9. The van der Waals surface area contributed by atoms with Gasteiger partial charge in [0.05, 0.1) is 18.2 Å². The van der Waals surface area contributed by atoms with Crippen molar-refractivity contribution in [2.24, 2.45) is 0 Å². The van der Waals surface area contributed by atoms with E-state index in [0.29, 0.717) is 49.8 Å². The number of carbonyl (C=O) groups is 2. The molecule has 2 aromatic rings. The Morgan fingerprint density at radius 3 is 2.64 bits per heavy atom. The van der Waals surface area contributed by atoms with Crippen molar-refractivity contribution < 1.29 is 24.2 Å². The maximum absolute atomic E-state index is 13.3. The summed E-state index contributed by atoms with van der Waals surface area (Å²) >= 11 is 0. The second-order valence-corrected chi connectivity index (χ2v) is 9.99. The van der Waals surface area contributed by atoms with Gasteiger partial charge in [0, 0.05) is 65.1 Å². The monoisotopic (exact) mass is 493 g/mol. The molecule has 2 amide bonds. The Balaban J connectivity index is 1.17. The first-order chi connectivity index (χ1) is 17.5. The predicted octanol–water partition coefficient (Wildman–Crippen LogP) is 2.33. The highest BCUT2D eigenvalue weighted by Crippen LogP contribution is 2.30. The zero-order valence-electron chi connectivity index (χ0n) is 20.9. The van der Waals surface area contributed by atoms with E-state index in [4.69, 9.17) is 9.47 Å². The summed E-state index contributed by atoms with van der Waals surface area (Å²) in [6.07, 6.45) is 1.94. The van der Waals surface area contributed by atoms with Gasteiger partial charge in [0.25, 0.3) is 5.91 Å².